The monoisotopic (exact) mass is 299 g/mol. The molecule has 1 amide bonds. The molecule has 0 radical (unpaired) electrons. The molecule has 2 aliphatic rings. The Labute approximate surface area is 127 Å². The van der Waals surface area contributed by atoms with Crippen LogP contribution in [-0.2, 0) is 4.79 Å². The van der Waals surface area contributed by atoms with Crippen molar-refractivity contribution in [3.05, 3.63) is 35.8 Å². The van der Waals surface area contributed by atoms with Gasteiger partial charge in [0.15, 0.2) is 0 Å². The number of nitrogens with zero attached hydrogens (tertiary/aromatic N) is 1. The number of nitrogens with one attached hydrogen (secondary N) is 2. The van der Waals surface area contributed by atoms with Crippen molar-refractivity contribution in [3.63, 3.8) is 0 Å². The average molecular weight is 299 g/mol. The number of carbonyl (C=O) groups excluding carboxylic acids is 1. The molecule has 108 valence electrons. The van der Waals surface area contributed by atoms with Gasteiger partial charge >= 0.3 is 0 Å². The smallest absolute Gasteiger partial charge is 0.229 e. The zero-order valence-electron chi connectivity index (χ0n) is 11.6. The van der Waals surface area contributed by atoms with Crippen molar-refractivity contribution in [2.24, 2.45) is 5.92 Å². The van der Waals surface area contributed by atoms with Gasteiger partial charge in [-0.2, -0.15) is 0 Å². The van der Waals surface area contributed by atoms with Crippen LogP contribution in [0.15, 0.2) is 35.8 Å². The number of aromatic nitrogens is 1. The van der Waals surface area contributed by atoms with Gasteiger partial charge in [-0.05, 0) is 43.5 Å². The SMILES string of the molecule is O=C(Nc1ccc(-c2nccs2)cc1)C1CC2CCC1N2. The minimum Gasteiger partial charge on any atom is -0.326 e. The zero-order chi connectivity index (χ0) is 14.2. The molecule has 0 aliphatic carbocycles. The fourth-order valence-electron chi connectivity index (χ4n) is 3.41. The molecule has 1 aromatic heterocycles. The normalized spacial score (nSPS) is 27.0. The van der Waals surface area contributed by atoms with Crippen LogP contribution in [0.3, 0.4) is 0 Å². The van der Waals surface area contributed by atoms with Gasteiger partial charge in [0, 0.05) is 34.9 Å². The lowest BCUT2D eigenvalue weighted by molar-refractivity contribution is -0.120. The molecular formula is C16H17N3OS. The van der Waals surface area contributed by atoms with Crippen LogP contribution in [0.2, 0.25) is 0 Å². The fourth-order valence-corrected chi connectivity index (χ4v) is 4.06. The number of thiazole rings is 1. The van der Waals surface area contributed by atoms with Crippen molar-refractivity contribution < 1.29 is 4.79 Å². The molecule has 4 nitrogen and oxygen atoms in total. The minimum absolute atomic E-state index is 0.127. The summed E-state index contributed by atoms with van der Waals surface area (Å²) in [5, 5.41) is 9.52. The zero-order valence-corrected chi connectivity index (χ0v) is 12.4. The molecule has 2 N–H and O–H groups in total. The number of amides is 1. The van der Waals surface area contributed by atoms with Crippen LogP contribution in [0.5, 0.6) is 0 Å². The Balaban J connectivity index is 1.44. The van der Waals surface area contributed by atoms with Gasteiger partial charge in [-0.3, -0.25) is 4.79 Å². The quantitative estimate of drug-likeness (QED) is 0.916. The summed E-state index contributed by atoms with van der Waals surface area (Å²) in [6.07, 6.45) is 5.13. The van der Waals surface area contributed by atoms with Crippen molar-refractivity contribution >= 4 is 22.9 Å². The largest absolute Gasteiger partial charge is 0.326 e. The van der Waals surface area contributed by atoms with Gasteiger partial charge in [0.2, 0.25) is 5.91 Å². The van der Waals surface area contributed by atoms with Crippen molar-refractivity contribution in [2.45, 2.75) is 31.3 Å². The second-order valence-corrected chi connectivity index (χ2v) is 6.69. The predicted molar refractivity (Wildman–Crippen MR) is 84.2 cm³/mol. The van der Waals surface area contributed by atoms with Crippen molar-refractivity contribution in [3.8, 4) is 10.6 Å². The fraction of sp³-hybridized carbons (Fsp3) is 0.375. The summed E-state index contributed by atoms with van der Waals surface area (Å²) in [7, 11) is 0. The first kappa shape index (κ1) is 13.0. The highest BCUT2D eigenvalue weighted by Gasteiger charge is 2.42. The molecule has 5 heteroatoms. The molecule has 0 saturated carbocycles. The summed E-state index contributed by atoms with van der Waals surface area (Å²) in [6.45, 7) is 0. The second kappa shape index (κ2) is 5.24. The third-order valence-corrected chi connectivity index (χ3v) is 5.29. The third-order valence-electron chi connectivity index (χ3n) is 4.47. The van der Waals surface area contributed by atoms with E-state index >= 15 is 0 Å². The van der Waals surface area contributed by atoms with E-state index in [9.17, 15) is 4.79 Å². The maximum atomic E-state index is 12.4. The number of hydrogen-bond acceptors (Lipinski definition) is 4. The topological polar surface area (TPSA) is 54.0 Å². The first-order valence-electron chi connectivity index (χ1n) is 7.36. The molecule has 2 fully saturated rings. The molecule has 2 aromatic rings. The van der Waals surface area contributed by atoms with E-state index in [-0.39, 0.29) is 11.8 Å². The third kappa shape index (κ3) is 2.47. The summed E-state index contributed by atoms with van der Waals surface area (Å²) in [5.74, 6) is 0.277. The summed E-state index contributed by atoms with van der Waals surface area (Å²) in [5.41, 5.74) is 1.95. The molecule has 4 rings (SSSR count). The Bertz CT molecular complexity index is 638. The molecule has 1 aromatic carbocycles. The van der Waals surface area contributed by atoms with Gasteiger partial charge in [0.25, 0.3) is 0 Å². The standard InChI is InChI=1S/C16H17N3OS/c20-15(13-9-12-5-6-14(13)18-12)19-11-3-1-10(2-4-11)16-17-7-8-21-16/h1-4,7-8,12-14,18H,5-6,9H2,(H,19,20). The van der Waals surface area contributed by atoms with Crippen LogP contribution in [0.25, 0.3) is 10.6 Å². The number of carbonyl (C=O) groups is 1. The summed E-state index contributed by atoms with van der Waals surface area (Å²) in [6, 6.07) is 8.86. The Hall–Kier alpha value is -1.72. The van der Waals surface area contributed by atoms with E-state index in [0.717, 1.165) is 29.1 Å². The molecule has 0 spiro atoms. The van der Waals surface area contributed by atoms with E-state index in [1.54, 1.807) is 17.5 Å². The molecule has 2 saturated heterocycles. The first-order valence-corrected chi connectivity index (χ1v) is 8.24. The lowest BCUT2D eigenvalue weighted by Gasteiger charge is -2.19. The highest BCUT2D eigenvalue weighted by Crippen LogP contribution is 2.34. The van der Waals surface area contributed by atoms with Crippen molar-refractivity contribution in [1.82, 2.24) is 10.3 Å². The maximum Gasteiger partial charge on any atom is 0.229 e. The Morgan fingerprint density at radius 1 is 1.29 bits per heavy atom. The number of rotatable bonds is 3. The van der Waals surface area contributed by atoms with Crippen molar-refractivity contribution in [2.75, 3.05) is 5.32 Å². The lowest BCUT2D eigenvalue weighted by atomic mass is 9.88. The Kier molecular flexibility index (Phi) is 3.24. The van der Waals surface area contributed by atoms with E-state index in [0.29, 0.717) is 12.1 Å². The van der Waals surface area contributed by atoms with Crippen LogP contribution in [-0.4, -0.2) is 23.0 Å². The molecule has 2 bridgehead atoms. The highest BCUT2D eigenvalue weighted by atomic mass is 32.1. The van der Waals surface area contributed by atoms with Gasteiger partial charge in [0.1, 0.15) is 5.01 Å². The van der Waals surface area contributed by atoms with E-state index in [4.69, 9.17) is 0 Å². The Morgan fingerprint density at radius 2 is 2.14 bits per heavy atom. The highest BCUT2D eigenvalue weighted by molar-refractivity contribution is 7.13. The predicted octanol–water partition coefficient (Wildman–Crippen LogP) is 2.89. The second-order valence-electron chi connectivity index (χ2n) is 5.79. The molecular weight excluding hydrogens is 282 g/mol. The molecule has 21 heavy (non-hydrogen) atoms. The average Bonchev–Trinajstić information content (AvgIpc) is 3.25. The number of hydrogen-bond donors (Lipinski definition) is 2. The van der Waals surface area contributed by atoms with Crippen molar-refractivity contribution in [1.29, 1.82) is 0 Å². The van der Waals surface area contributed by atoms with Gasteiger partial charge in [-0.1, -0.05) is 0 Å². The Morgan fingerprint density at radius 3 is 2.76 bits per heavy atom. The van der Waals surface area contributed by atoms with Gasteiger partial charge in [0.05, 0.1) is 5.92 Å². The number of benzene rings is 1. The minimum atomic E-state index is 0.127. The number of anilines is 1. The van der Waals surface area contributed by atoms with Gasteiger partial charge in [-0.15, -0.1) is 11.3 Å². The summed E-state index contributed by atoms with van der Waals surface area (Å²) in [4.78, 5) is 16.6. The molecule has 3 heterocycles. The summed E-state index contributed by atoms with van der Waals surface area (Å²) >= 11 is 1.62. The van der Waals surface area contributed by atoms with Crippen LogP contribution < -0.4 is 10.6 Å². The van der Waals surface area contributed by atoms with Gasteiger partial charge in [-0.25, -0.2) is 4.98 Å². The molecule has 3 unspecified atom stereocenters. The van der Waals surface area contributed by atoms with Gasteiger partial charge < -0.3 is 10.6 Å². The van der Waals surface area contributed by atoms with Crippen LogP contribution in [0.4, 0.5) is 5.69 Å². The van der Waals surface area contributed by atoms with Crippen LogP contribution >= 0.6 is 11.3 Å². The van der Waals surface area contributed by atoms with E-state index in [2.05, 4.69) is 15.6 Å². The lowest BCUT2D eigenvalue weighted by Crippen LogP contribution is -2.32. The van der Waals surface area contributed by atoms with E-state index in [1.165, 1.54) is 6.42 Å². The molecule has 2 aliphatic heterocycles. The van der Waals surface area contributed by atoms with Crippen LogP contribution in [0, 0.1) is 5.92 Å². The molecule has 3 atom stereocenters. The number of fused-ring (bicyclic) bond motifs is 2. The first-order chi connectivity index (χ1) is 10.3. The maximum absolute atomic E-state index is 12.4. The van der Waals surface area contributed by atoms with E-state index < -0.39 is 0 Å². The summed E-state index contributed by atoms with van der Waals surface area (Å²) < 4.78 is 0. The van der Waals surface area contributed by atoms with E-state index in [1.807, 2.05) is 29.6 Å². The van der Waals surface area contributed by atoms with Crippen LogP contribution in [0.1, 0.15) is 19.3 Å².